The van der Waals surface area contributed by atoms with Gasteiger partial charge in [0.05, 0.1) is 18.6 Å². The molecular formula is C19H24N2O4S. The molecule has 2 aromatic carbocycles. The third-order valence-electron chi connectivity index (χ3n) is 4.09. The SMILES string of the molecule is CCS(=O)(=O)N(CC(=O)Nc1c(C)cccc1C)c1ccc(OC)cc1. The fourth-order valence-corrected chi connectivity index (χ4v) is 3.64. The van der Waals surface area contributed by atoms with Crippen molar-refractivity contribution in [3.8, 4) is 5.75 Å². The summed E-state index contributed by atoms with van der Waals surface area (Å²) in [6, 6.07) is 12.3. The molecule has 0 aromatic heterocycles. The van der Waals surface area contributed by atoms with Crippen LogP contribution in [0.3, 0.4) is 0 Å². The minimum Gasteiger partial charge on any atom is -0.497 e. The summed E-state index contributed by atoms with van der Waals surface area (Å²) >= 11 is 0. The van der Waals surface area contributed by atoms with E-state index in [4.69, 9.17) is 4.74 Å². The van der Waals surface area contributed by atoms with E-state index in [1.807, 2.05) is 32.0 Å². The highest BCUT2D eigenvalue weighted by Crippen LogP contribution is 2.23. The van der Waals surface area contributed by atoms with Crippen LogP contribution < -0.4 is 14.4 Å². The number of aryl methyl sites for hydroxylation is 2. The number of carbonyl (C=O) groups is 1. The predicted molar refractivity (Wildman–Crippen MR) is 104 cm³/mol. The van der Waals surface area contributed by atoms with Crippen LogP contribution in [0.2, 0.25) is 0 Å². The summed E-state index contributed by atoms with van der Waals surface area (Å²) in [5.41, 5.74) is 2.98. The van der Waals surface area contributed by atoms with E-state index >= 15 is 0 Å². The van der Waals surface area contributed by atoms with Crippen LogP contribution in [0.25, 0.3) is 0 Å². The quantitative estimate of drug-likeness (QED) is 0.806. The van der Waals surface area contributed by atoms with Crippen molar-refractivity contribution in [1.82, 2.24) is 0 Å². The highest BCUT2D eigenvalue weighted by atomic mass is 32.2. The Bertz CT molecular complexity index is 857. The van der Waals surface area contributed by atoms with Gasteiger partial charge in [0.1, 0.15) is 12.3 Å². The monoisotopic (exact) mass is 376 g/mol. The fraction of sp³-hybridized carbons (Fsp3) is 0.316. The zero-order chi connectivity index (χ0) is 19.3. The summed E-state index contributed by atoms with van der Waals surface area (Å²) in [7, 11) is -2.07. The molecule has 7 heteroatoms. The molecule has 140 valence electrons. The smallest absolute Gasteiger partial charge is 0.245 e. The van der Waals surface area contributed by atoms with Crippen molar-refractivity contribution < 1.29 is 17.9 Å². The van der Waals surface area contributed by atoms with Gasteiger partial charge in [0.15, 0.2) is 0 Å². The molecule has 0 aliphatic carbocycles. The Balaban J connectivity index is 2.28. The van der Waals surface area contributed by atoms with Crippen LogP contribution in [0.1, 0.15) is 18.1 Å². The van der Waals surface area contributed by atoms with Gasteiger partial charge in [-0.15, -0.1) is 0 Å². The van der Waals surface area contributed by atoms with E-state index in [1.165, 1.54) is 7.11 Å². The highest BCUT2D eigenvalue weighted by Gasteiger charge is 2.24. The van der Waals surface area contributed by atoms with Gasteiger partial charge in [-0.25, -0.2) is 8.42 Å². The zero-order valence-corrected chi connectivity index (χ0v) is 16.3. The molecule has 2 rings (SSSR count). The molecule has 0 aliphatic rings. The number of ether oxygens (including phenoxy) is 1. The molecule has 0 saturated carbocycles. The molecule has 0 radical (unpaired) electrons. The van der Waals surface area contributed by atoms with Crippen molar-refractivity contribution in [2.45, 2.75) is 20.8 Å². The molecule has 0 saturated heterocycles. The van der Waals surface area contributed by atoms with Gasteiger partial charge < -0.3 is 10.1 Å². The van der Waals surface area contributed by atoms with Gasteiger partial charge in [-0.2, -0.15) is 0 Å². The molecule has 0 spiro atoms. The lowest BCUT2D eigenvalue weighted by Gasteiger charge is -2.24. The van der Waals surface area contributed by atoms with Crippen LogP contribution >= 0.6 is 0 Å². The summed E-state index contributed by atoms with van der Waals surface area (Å²) in [4.78, 5) is 12.5. The number of benzene rings is 2. The molecule has 6 nitrogen and oxygen atoms in total. The predicted octanol–water partition coefficient (Wildman–Crippen LogP) is 3.11. The van der Waals surface area contributed by atoms with Gasteiger partial charge >= 0.3 is 0 Å². The fourth-order valence-electron chi connectivity index (χ4n) is 2.58. The minimum atomic E-state index is -3.61. The number of rotatable bonds is 7. The number of amides is 1. The average Bonchev–Trinajstić information content (AvgIpc) is 2.63. The third kappa shape index (κ3) is 4.54. The Morgan fingerprint density at radius 1 is 1.08 bits per heavy atom. The lowest BCUT2D eigenvalue weighted by Crippen LogP contribution is -2.39. The average molecular weight is 376 g/mol. The maximum atomic E-state index is 12.5. The number of methoxy groups -OCH3 is 1. The van der Waals surface area contributed by atoms with Crippen LogP contribution in [0.4, 0.5) is 11.4 Å². The van der Waals surface area contributed by atoms with E-state index in [-0.39, 0.29) is 12.3 Å². The van der Waals surface area contributed by atoms with Crippen molar-refractivity contribution in [3.05, 3.63) is 53.6 Å². The molecule has 0 unspecified atom stereocenters. The Morgan fingerprint density at radius 2 is 1.65 bits per heavy atom. The number of hydrogen-bond acceptors (Lipinski definition) is 4. The Kier molecular flexibility index (Phi) is 6.26. The van der Waals surface area contributed by atoms with E-state index in [2.05, 4.69) is 5.32 Å². The molecule has 0 heterocycles. The lowest BCUT2D eigenvalue weighted by atomic mass is 10.1. The molecule has 0 aliphatic heterocycles. The molecule has 0 atom stereocenters. The number of nitrogens with one attached hydrogen (secondary N) is 1. The molecule has 0 fully saturated rings. The number of anilines is 2. The van der Waals surface area contributed by atoms with E-state index in [9.17, 15) is 13.2 Å². The number of para-hydroxylation sites is 1. The van der Waals surface area contributed by atoms with Gasteiger partial charge in [0.2, 0.25) is 15.9 Å². The molecule has 2 aromatic rings. The summed E-state index contributed by atoms with van der Waals surface area (Å²) in [6.45, 7) is 5.05. The molecule has 26 heavy (non-hydrogen) atoms. The first kappa shape index (κ1) is 19.8. The summed E-state index contributed by atoms with van der Waals surface area (Å²) in [5, 5.41) is 2.83. The van der Waals surface area contributed by atoms with Crippen molar-refractivity contribution in [2.75, 3.05) is 29.0 Å². The second kappa shape index (κ2) is 8.23. The number of carbonyl (C=O) groups excluding carboxylic acids is 1. The molecule has 0 bridgehead atoms. The van der Waals surface area contributed by atoms with Crippen LogP contribution in [0.5, 0.6) is 5.75 Å². The Morgan fingerprint density at radius 3 is 2.15 bits per heavy atom. The molecular weight excluding hydrogens is 352 g/mol. The maximum absolute atomic E-state index is 12.5. The van der Waals surface area contributed by atoms with E-state index in [0.29, 0.717) is 17.1 Å². The van der Waals surface area contributed by atoms with Crippen LogP contribution in [0, 0.1) is 13.8 Å². The van der Waals surface area contributed by atoms with Crippen LogP contribution in [-0.2, 0) is 14.8 Å². The summed E-state index contributed by atoms with van der Waals surface area (Å²) in [6.07, 6.45) is 0. The van der Waals surface area contributed by atoms with Gasteiger partial charge in [-0.05, 0) is 56.2 Å². The second-order valence-electron chi connectivity index (χ2n) is 5.92. The zero-order valence-electron chi connectivity index (χ0n) is 15.4. The summed E-state index contributed by atoms with van der Waals surface area (Å²) in [5.74, 6) is 0.119. The van der Waals surface area contributed by atoms with Gasteiger partial charge in [0, 0.05) is 5.69 Å². The third-order valence-corrected chi connectivity index (χ3v) is 5.83. The largest absolute Gasteiger partial charge is 0.497 e. The summed E-state index contributed by atoms with van der Waals surface area (Å²) < 4.78 is 31.2. The second-order valence-corrected chi connectivity index (χ2v) is 8.10. The van der Waals surface area contributed by atoms with E-state index in [1.54, 1.807) is 31.2 Å². The first-order chi connectivity index (χ1) is 12.3. The van der Waals surface area contributed by atoms with Gasteiger partial charge in [0.25, 0.3) is 0 Å². The van der Waals surface area contributed by atoms with Crippen molar-refractivity contribution >= 4 is 27.3 Å². The van der Waals surface area contributed by atoms with E-state index < -0.39 is 15.9 Å². The highest BCUT2D eigenvalue weighted by molar-refractivity contribution is 7.92. The standard InChI is InChI=1S/C19H24N2O4S/c1-5-26(23,24)21(16-9-11-17(25-4)12-10-16)13-18(22)20-19-14(2)7-6-8-15(19)3/h6-12H,5,13H2,1-4H3,(H,20,22). The Hall–Kier alpha value is -2.54. The van der Waals surface area contributed by atoms with Crippen LogP contribution in [0.15, 0.2) is 42.5 Å². The van der Waals surface area contributed by atoms with Crippen LogP contribution in [-0.4, -0.2) is 33.7 Å². The first-order valence-corrected chi connectivity index (χ1v) is 9.90. The number of hydrogen-bond donors (Lipinski definition) is 1. The number of nitrogens with zero attached hydrogens (tertiary/aromatic N) is 1. The van der Waals surface area contributed by atoms with Crippen molar-refractivity contribution in [1.29, 1.82) is 0 Å². The van der Waals surface area contributed by atoms with Crippen molar-refractivity contribution in [2.24, 2.45) is 0 Å². The minimum absolute atomic E-state index is 0.101. The molecule has 1 amide bonds. The number of sulfonamides is 1. The maximum Gasteiger partial charge on any atom is 0.245 e. The van der Waals surface area contributed by atoms with Gasteiger partial charge in [-0.1, -0.05) is 18.2 Å². The Labute approximate surface area is 154 Å². The lowest BCUT2D eigenvalue weighted by molar-refractivity contribution is -0.114. The molecule has 1 N–H and O–H groups in total. The van der Waals surface area contributed by atoms with Crippen molar-refractivity contribution in [3.63, 3.8) is 0 Å². The van der Waals surface area contributed by atoms with E-state index in [0.717, 1.165) is 15.4 Å². The van der Waals surface area contributed by atoms with Gasteiger partial charge in [-0.3, -0.25) is 9.10 Å². The topological polar surface area (TPSA) is 75.7 Å². The normalized spacial score (nSPS) is 11.1. The first-order valence-electron chi connectivity index (χ1n) is 8.29.